The number of carbonyl (C=O) groups is 1. The van der Waals surface area contributed by atoms with Crippen LogP contribution in [0.2, 0.25) is 0 Å². The number of nitrogens with zero attached hydrogens (tertiary/aromatic N) is 5. The van der Waals surface area contributed by atoms with Gasteiger partial charge in [-0.15, -0.1) is 0 Å². The van der Waals surface area contributed by atoms with Crippen LogP contribution in [0.25, 0.3) is 0 Å². The van der Waals surface area contributed by atoms with E-state index in [1.54, 1.807) is 12.4 Å². The number of hydrogen-bond donors (Lipinski definition) is 2. The first-order valence-corrected chi connectivity index (χ1v) is 9.85. The molecule has 2 N–H and O–H groups in total. The molecule has 8 heteroatoms. The van der Waals surface area contributed by atoms with Crippen LogP contribution >= 0.6 is 0 Å². The van der Waals surface area contributed by atoms with Gasteiger partial charge in [-0.05, 0) is 37.9 Å². The standard InChI is InChI=1S/C19H27N7O/c27-18(6-5-15-12-17-13-20-7-3-11-26(17)24-15)23-16-4-1-10-25(14-16)19-21-8-2-9-22-19/h2,8-9,12,16,20H,1,3-7,10-11,13-14H2,(H,23,27)/t16-/m0/s1. The van der Waals surface area contributed by atoms with Crippen LogP contribution in [0.4, 0.5) is 5.95 Å². The van der Waals surface area contributed by atoms with Crippen molar-refractivity contribution < 1.29 is 4.79 Å². The monoisotopic (exact) mass is 369 g/mol. The van der Waals surface area contributed by atoms with Crippen molar-refractivity contribution in [3.8, 4) is 0 Å². The number of rotatable bonds is 5. The van der Waals surface area contributed by atoms with Crippen LogP contribution in [-0.4, -0.2) is 51.3 Å². The average molecular weight is 369 g/mol. The molecule has 0 bridgehead atoms. The zero-order valence-electron chi connectivity index (χ0n) is 15.6. The highest BCUT2D eigenvalue weighted by molar-refractivity contribution is 5.76. The lowest BCUT2D eigenvalue weighted by Crippen LogP contribution is -2.48. The van der Waals surface area contributed by atoms with Crippen molar-refractivity contribution in [3.63, 3.8) is 0 Å². The molecule has 0 spiro atoms. The lowest BCUT2D eigenvalue weighted by atomic mass is 10.1. The third-order valence-electron chi connectivity index (χ3n) is 5.17. The molecule has 0 saturated carbocycles. The Kier molecular flexibility index (Phi) is 5.62. The minimum absolute atomic E-state index is 0.0946. The molecule has 1 atom stereocenters. The summed E-state index contributed by atoms with van der Waals surface area (Å²) in [6.45, 7) is 4.55. The second kappa shape index (κ2) is 8.47. The van der Waals surface area contributed by atoms with E-state index in [9.17, 15) is 4.79 Å². The number of aromatic nitrogens is 4. The molecule has 4 heterocycles. The molecule has 0 aliphatic carbocycles. The van der Waals surface area contributed by atoms with Gasteiger partial charge in [0.1, 0.15) is 0 Å². The van der Waals surface area contributed by atoms with Gasteiger partial charge in [0.25, 0.3) is 0 Å². The maximum absolute atomic E-state index is 12.4. The Morgan fingerprint density at radius 1 is 1.26 bits per heavy atom. The van der Waals surface area contributed by atoms with E-state index in [2.05, 4.69) is 41.3 Å². The van der Waals surface area contributed by atoms with Gasteiger partial charge in [0.15, 0.2) is 0 Å². The molecule has 0 unspecified atom stereocenters. The minimum atomic E-state index is 0.0946. The van der Waals surface area contributed by atoms with Crippen molar-refractivity contribution in [2.45, 2.75) is 51.2 Å². The Morgan fingerprint density at radius 3 is 3.04 bits per heavy atom. The van der Waals surface area contributed by atoms with E-state index in [4.69, 9.17) is 0 Å². The van der Waals surface area contributed by atoms with E-state index in [0.717, 1.165) is 63.6 Å². The summed E-state index contributed by atoms with van der Waals surface area (Å²) in [6.07, 6.45) is 7.80. The van der Waals surface area contributed by atoms with E-state index in [-0.39, 0.29) is 11.9 Å². The van der Waals surface area contributed by atoms with Gasteiger partial charge in [-0.25, -0.2) is 9.97 Å². The highest BCUT2D eigenvalue weighted by atomic mass is 16.1. The van der Waals surface area contributed by atoms with Crippen molar-refractivity contribution in [2.24, 2.45) is 0 Å². The first-order chi connectivity index (χ1) is 13.3. The van der Waals surface area contributed by atoms with Gasteiger partial charge in [-0.2, -0.15) is 5.10 Å². The quantitative estimate of drug-likeness (QED) is 0.814. The van der Waals surface area contributed by atoms with Crippen molar-refractivity contribution in [3.05, 3.63) is 35.9 Å². The second-order valence-corrected chi connectivity index (χ2v) is 7.28. The fourth-order valence-corrected chi connectivity index (χ4v) is 3.82. The molecule has 1 fully saturated rings. The van der Waals surface area contributed by atoms with Crippen LogP contribution in [0.1, 0.15) is 37.1 Å². The van der Waals surface area contributed by atoms with Gasteiger partial charge in [0, 0.05) is 57.5 Å². The molecule has 0 aromatic carbocycles. The smallest absolute Gasteiger partial charge is 0.225 e. The topological polar surface area (TPSA) is 88.0 Å². The van der Waals surface area contributed by atoms with Crippen molar-refractivity contribution in [2.75, 3.05) is 24.5 Å². The highest BCUT2D eigenvalue weighted by Gasteiger charge is 2.23. The van der Waals surface area contributed by atoms with E-state index in [1.807, 2.05) is 6.07 Å². The molecule has 4 rings (SSSR count). The zero-order chi connectivity index (χ0) is 18.5. The fourth-order valence-electron chi connectivity index (χ4n) is 3.82. The molecular formula is C19H27N7O. The predicted molar refractivity (Wildman–Crippen MR) is 102 cm³/mol. The van der Waals surface area contributed by atoms with Gasteiger partial charge in [0.2, 0.25) is 11.9 Å². The fraction of sp³-hybridized carbons (Fsp3) is 0.579. The van der Waals surface area contributed by atoms with E-state index < -0.39 is 0 Å². The Bertz CT molecular complexity index is 737. The Morgan fingerprint density at radius 2 is 2.15 bits per heavy atom. The highest BCUT2D eigenvalue weighted by Crippen LogP contribution is 2.16. The number of fused-ring (bicyclic) bond motifs is 1. The third-order valence-corrected chi connectivity index (χ3v) is 5.17. The molecule has 2 aliphatic heterocycles. The summed E-state index contributed by atoms with van der Waals surface area (Å²) in [5, 5.41) is 11.2. The summed E-state index contributed by atoms with van der Waals surface area (Å²) >= 11 is 0. The predicted octanol–water partition coefficient (Wildman–Crippen LogP) is 0.884. The van der Waals surface area contributed by atoms with Gasteiger partial charge in [-0.1, -0.05) is 0 Å². The van der Waals surface area contributed by atoms with Crippen LogP contribution in [0.5, 0.6) is 0 Å². The lowest BCUT2D eigenvalue weighted by Gasteiger charge is -2.33. The molecule has 1 saturated heterocycles. The number of anilines is 1. The molecule has 2 aromatic heterocycles. The van der Waals surface area contributed by atoms with Crippen LogP contribution in [0.3, 0.4) is 0 Å². The number of carbonyl (C=O) groups excluding carboxylic acids is 1. The first-order valence-electron chi connectivity index (χ1n) is 9.85. The summed E-state index contributed by atoms with van der Waals surface area (Å²) in [5.74, 6) is 0.835. The molecule has 0 radical (unpaired) electrons. The molecule has 8 nitrogen and oxygen atoms in total. The zero-order valence-corrected chi connectivity index (χ0v) is 15.6. The summed E-state index contributed by atoms with van der Waals surface area (Å²) in [4.78, 5) is 23.2. The minimum Gasteiger partial charge on any atom is -0.352 e. The van der Waals surface area contributed by atoms with Crippen molar-refractivity contribution in [1.29, 1.82) is 0 Å². The van der Waals surface area contributed by atoms with E-state index in [0.29, 0.717) is 12.8 Å². The largest absolute Gasteiger partial charge is 0.352 e. The van der Waals surface area contributed by atoms with Gasteiger partial charge in [-0.3, -0.25) is 9.48 Å². The van der Waals surface area contributed by atoms with Crippen molar-refractivity contribution >= 4 is 11.9 Å². The Balaban J connectivity index is 1.27. The summed E-state index contributed by atoms with van der Waals surface area (Å²) in [6, 6.07) is 4.09. The molecule has 144 valence electrons. The molecular weight excluding hydrogens is 342 g/mol. The van der Waals surface area contributed by atoms with Crippen LogP contribution < -0.4 is 15.5 Å². The Labute approximate surface area is 159 Å². The maximum atomic E-state index is 12.4. The van der Waals surface area contributed by atoms with Gasteiger partial charge >= 0.3 is 0 Å². The lowest BCUT2D eigenvalue weighted by molar-refractivity contribution is -0.121. The number of hydrogen-bond acceptors (Lipinski definition) is 6. The molecule has 1 amide bonds. The number of nitrogens with one attached hydrogen (secondary N) is 2. The second-order valence-electron chi connectivity index (χ2n) is 7.28. The SMILES string of the molecule is O=C(CCc1cc2n(n1)CCCNC2)N[C@H]1CCCN(c2ncccn2)C1. The van der Waals surface area contributed by atoms with E-state index >= 15 is 0 Å². The van der Waals surface area contributed by atoms with E-state index in [1.165, 1.54) is 5.69 Å². The summed E-state index contributed by atoms with van der Waals surface area (Å²) in [7, 11) is 0. The average Bonchev–Trinajstić information content (AvgIpc) is 2.96. The Hall–Kier alpha value is -2.48. The number of aryl methyl sites for hydroxylation is 2. The first kappa shape index (κ1) is 17.9. The van der Waals surface area contributed by atoms with Crippen LogP contribution in [0.15, 0.2) is 24.5 Å². The van der Waals surface area contributed by atoms with Crippen molar-refractivity contribution in [1.82, 2.24) is 30.4 Å². The van der Waals surface area contributed by atoms with Crippen LogP contribution in [-0.2, 0) is 24.3 Å². The molecule has 2 aromatic rings. The molecule has 2 aliphatic rings. The third kappa shape index (κ3) is 4.63. The summed E-state index contributed by atoms with van der Waals surface area (Å²) in [5.41, 5.74) is 2.22. The summed E-state index contributed by atoms with van der Waals surface area (Å²) < 4.78 is 2.08. The van der Waals surface area contributed by atoms with Crippen LogP contribution in [0, 0.1) is 0 Å². The number of amides is 1. The van der Waals surface area contributed by atoms with Gasteiger partial charge in [0.05, 0.1) is 11.4 Å². The van der Waals surface area contributed by atoms with Gasteiger partial charge < -0.3 is 15.5 Å². The number of piperidine rings is 1. The maximum Gasteiger partial charge on any atom is 0.225 e. The normalized spacial score (nSPS) is 20.0. The molecule has 27 heavy (non-hydrogen) atoms.